The maximum absolute atomic E-state index is 12.8. The Hall–Kier alpha value is -1.89. The van der Waals surface area contributed by atoms with Crippen molar-refractivity contribution in [2.24, 2.45) is 0 Å². The Bertz CT molecular complexity index is 582. The van der Waals surface area contributed by atoms with E-state index in [9.17, 15) is 9.59 Å². The summed E-state index contributed by atoms with van der Waals surface area (Å²) in [6.45, 7) is 8.73. The fourth-order valence-electron chi connectivity index (χ4n) is 2.85. The monoisotopic (exact) mass is 309 g/mol. The Morgan fingerprint density at radius 3 is 2.64 bits per heavy atom. The number of carboxylic acids is 1. The van der Waals surface area contributed by atoms with E-state index in [-0.39, 0.29) is 18.6 Å². The first-order valence-corrected chi connectivity index (χ1v) is 7.56. The number of morpholine rings is 1. The fraction of sp³-hybridized carbons (Fsp3) is 0.667. The van der Waals surface area contributed by atoms with Crippen LogP contribution in [0.5, 0.6) is 0 Å². The van der Waals surface area contributed by atoms with Gasteiger partial charge in [0.05, 0.1) is 23.9 Å². The summed E-state index contributed by atoms with van der Waals surface area (Å²) in [5.41, 5.74) is 2.09. The van der Waals surface area contributed by atoms with E-state index in [0.29, 0.717) is 17.8 Å². The molecule has 0 radical (unpaired) electrons. The van der Waals surface area contributed by atoms with Crippen molar-refractivity contribution >= 4 is 11.9 Å². The number of hydrogen-bond acceptors (Lipinski definition) is 4. The van der Waals surface area contributed by atoms with Crippen molar-refractivity contribution in [1.29, 1.82) is 0 Å². The lowest BCUT2D eigenvalue weighted by molar-refractivity contribution is -0.160. The van der Waals surface area contributed by atoms with Gasteiger partial charge < -0.3 is 14.7 Å². The molecule has 1 fully saturated rings. The third-order valence-corrected chi connectivity index (χ3v) is 3.85. The highest BCUT2D eigenvalue weighted by Crippen LogP contribution is 2.20. The number of carbonyl (C=O) groups is 2. The zero-order valence-corrected chi connectivity index (χ0v) is 13.5. The Kier molecular flexibility index (Phi) is 4.85. The average Bonchev–Trinajstić information content (AvgIpc) is 2.72. The van der Waals surface area contributed by atoms with Crippen LogP contribution in [0.1, 0.15) is 42.0 Å². The molecule has 0 aromatic carbocycles. The molecule has 2 atom stereocenters. The molecule has 1 saturated heterocycles. The summed E-state index contributed by atoms with van der Waals surface area (Å²) in [6, 6.07) is 0. The number of aliphatic carboxylic acids is 1. The van der Waals surface area contributed by atoms with Crippen LogP contribution in [0, 0.1) is 13.8 Å². The zero-order chi connectivity index (χ0) is 16.4. The molecule has 1 aliphatic rings. The molecule has 1 aliphatic heterocycles. The van der Waals surface area contributed by atoms with Gasteiger partial charge in [0.1, 0.15) is 0 Å². The second-order valence-corrected chi connectivity index (χ2v) is 5.75. The predicted molar refractivity (Wildman–Crippen MR) is 79.9 cm³/mol. The van der Waals surface area contributed by atoms with Gasteiger partial charge in [0.25, 0.3) is 5.91 Å². The number of rotatable bonds is 4. The second-order valence-electron chi connectivity index (χ2n) is 5.75. The van der Waals surface area contributed by atoms with Gasteiger partial charge in [-0.3, -0.25) is 9.48 Å². The van der Waals surface area contributed by atoms with Crippen LogP contribution in [0.4, 0.5) is 0 Å². The number of carboxylic acid groups (broad SMARTS) is 1. The molecule has 7 nitrogen and oxygen atoms in total. The van der Waals surface area contributed by atoms with Crippen LogP contribution in [-0.4, -0.2) is 57.0 Å². The summed E-state index contributed by atoms with van der Waals surface area (Å²) in [5, 5.41) is 13.5. The minimum Gasteiger partial charge on any atom is -0.479 e. The molecule has 0 bridgehead atoms. The Morgan fingerprint density at radius 2 is 2.05 bits per heavy atom. The van der Waals surface area contributed by atoms with Gasteiger partial charge in [0.2, 0.25) is 0 Å². The van der Waals surface area contributed by atoms with Crippen LogP contribution in [-0.2, 0) is 16.1 Å². The quantitative estimate of drug-likeness (QED) is 0.904. The van der Waals surface area contributed by atoms with E-state index in [1.165, 1.54) is 0 Å². The third kappa shape index (κ3) is 3.14. The summed E-state index contributed by atoms with van der Waals surface area (Å²) in [6.07, 6.45) is -0.338. The van der Waals surface area contributed by atoms with Crippen molar-refractivity contribution in [3.8, 4) is 0 Å². The van der Waals surface area contributed by atoms with E-state index in [1.807, 2.05) is 18.5 Å². The Labute approximate surface area is 129 Å². The van der Waals surface area contributed by atoms with Crippen molar-refractivity contribution in [2.45, 2.75) is 52.9 Å². The zero-order valence-electron chi connectivity index (χ0n) is 13.5. The molecule has 1 aromatic heterocycles. The lowest BCUT2D eigenvalue weighted by atomic mass is 10.1. The SMILES string of the molecule is CCCn1nc(C)c(C(=O)N2CC(C(=O)O)O[C@H](C)C2)c1C. The maximum atomic E-state index is 12.8. The number of aromatic nitrogens is 2. The van der Waals surface area contributed by atoms with E-state index in [1.54, 1.807) is 11.8 Å². The molecule has 2 heterocycles. The van der Waals surface area contributed by atoms with Crippen LogP contribution in [0.3, 0.4) is 0 Å². The van der Waals surface area contributed by atoms with Gasteiger partial charge in [-0.25, -0.2) is 4.79 Å². The van der Waals surface area contributed by atoms with Crippen LogP contribution in [0.25, 0.3) is 0 Å². The first-order valence-electron chi connectivity index (χ1n) is 7.56. The number of amides is 1. The van der Waals surface area contributed by atoms with E-state index >= 15 is 0 Å². The van der Waals surface area contributed by atoms with Crippen LogP contribution < -0.4 is 0 Å². The second kappa shape index (κ2) is 6.48. The molecule has 0 saturated carbocycles. The molecule has 7 heteroatoms. The largest absolute Gasteiger partial charge is 0.479 e. The molecule has 1 amide bonds. The highest BCUT2D eigenvalue weighted by Gasteiger charge is 2.34. The predicted octanol–water partition coefficient (Wildman–Crippen LogP) is 1.22. The molecular formula is C15H23N3O4. The van der Waals surface area contributed by atoms with Gasteiger partial charge in [-0.15, -0.1) is 0 Å². The molecule has 1 aromatic rings. The standard InChI is InChI=1S/C15H23N3O4/c1-5-6-18-11(4)13(10(3)16-18)14(19)17-7-9(2)22-12(8-17)15(20)21/h9,12H,5-8H2,1-4H3,(H,20,21)/t9-,12?/m1/s1. The number of carbonyl (C=O) groups excluding carboxylic acids is 1. The van der Waals surface area contributed by atoms with Crippen molar-refractivity contribution in [1.82, 2.24) is 14.7 Å². The number of nitrogens with zero attached hydrogens (tertiary/aromatic N) is 3. The fourth-order valence-corrected chi connectivity index (χ4v) is 2.85. The molecule has 1 unspecified atom stereocenters. The van der Waals surface area contributed by atoms with Gasteiger partial charge in [0.15, 0.2) is 6.10 Å². The van der Waals surface area contributed by atoms with Crippen LogP contribution in [0.15, 0.2) is 0 Å². The van der Waals surface area contributed by atoms with Crippen molar-refractivity contribution in [3.05, 3.63) is 17.0 Å². The number of ether oxygens (including phenoxy) is 1. The first kappa shape index (κ1) is 16.5. The third-order valence-electron chi connectivity index (χ3n) is 3.85. The van der Waals surface area contributed by atoms with Crippen LogP contribution >= 0.6 is 0 Å². The van der Waals surface area contributed by atoms with E-state index in [2.05, 4.69) is 12.0 Å². The van der Waals surface area contributed by atoms with Crippen molar-refractivity contribution < 1.29 is 19.4 Å². The highest BCUT2D eigenvalue weighted by molar-refractivity contribution is 5.96. The van der Waals surface area contributed by atoms with Gasteiger partial charge in [-0.2, -0.15) is 5.10 Å². The molecule has 2 rings (SSSR count). The minimum atomic E-state index is -1.04. The topological polar surface area (TPSA) is 84.7 Å². The normalized spacial score (nSPS) is 21.9. The highest BCUT2D eigenvalue weighted by atomic mass is 16.5. The van der Waals surface area contributed by atoms with Gasteiger partial charge >= 0.3 is 5.97 Å². The van der Waals surface area contributed by atoms with E-state index < -0.39 is 12.1 Å². The Morgan fingerprint density at radius 1 is 1.36 bits per heavy atom. The summed E-state index contributed by atoms with van der Waals surface area (Å²) in [4.78, 5) is 25.5. The van der Waals surface area contributed by atoms with E-state index in [4.69, 9.17) is 9.84 Å². The number of hydrogen-bond donors (Lipinski definition) is 1. The number of aryl methyl sites for hydroxylation is 2. The minimum absolute atomic E-state index is 0.0658. The van der Waals surface area contributed by atoms with Gasteiger partial charge in [0, 0.05) is 18.8 Å². The summed E-state index contributed by atoms with van der Waals surface area (Å²) in [7, 11) is 0. The van der Waals surface area contributed by atoms with Crippen LogP contribution in [0.2, 0.25) is 0 Å². The Balaban J connectivity index is 2.25. The van der Waals surface area contributed by atoms with Crippen molar-refractivity contribution in [3.63, 3.8) is 0 Å². The lowest BCUT2D eigenvalue weighted by Gasteiger charge is -2.35. The summed E-state index contributed by atoms with van der Waals surface area (Å²) < 4.78 is 7.19. The van der Waals surface area contributed by atoms with Crippen molar-refractivity contribution in [2.75, 3.05) is 13.1 Å². The molecule has 0 spiro atoms. The molecule has 1 N–H and O–H groups in total. The smallest absolute Gasteiger partial charge is 0.334 e. The lowest BCUT2D eigenvalue weighted by Crippen LogP contribution is -2.52. The molecular weight excluding hydrogens is 286 g/mol. The van der Waals surface area contributed by atoms with Gasteiger partial charge in [-0.1, -0.05) is 6.92 Å². The molecule has 122 valence electrons. The summed E-state index contributed by atoms with van der Waals surface area (Å²) >= 11 is 0. The maximum Gasteiger partial charge on any atom is 0.334 e. The average molecular weight is 309 g/mol. The first-order chi connectivity index (χ1) is 10.3. The van der Waals surface area contributed by atoms with Gasteiger partial charge in [-0.05, 0) is 27.2 Å². The molecule has 0 aliphatic carbocycles. The molecule has 22 heavy (non-hydrogen) atoms. The van der Waals surface area contributed by atoms with E-state index in [0.717, 1.165) is 18.7 Å². The summed E-state index contributed by atoms with van der Waals surface area (Å²) in [5.74, 6) is -1.21.